The first kappa shape index (κ1) is 34.5. The van der Waals surface area contributed by atoms with Crippen LogP contribution in [-0.2, 0) is 12.8 Å². The van der Waals surface area contributed by atoms with E-state index in [0.29, 0.717) is 6.42 Å². The first-order chi connectivity index (χ1) is 22.0. The van der Waals surface area contributed by atoms with E-state index < -0.39 is 12.3 Å². The lowest BCUT2D eigenvalue weighted by Crippen LogP contribution is -2.20. The minimum Gasteiger partial charge on any atom is -0.497 e. The van der Waals surface area contributed by atoms with E-state index in [1.54, 1.807) is 26.0 Å². The fourth-order valence-electron chi connectivity index (χ4n) is 5.42. The Morgan fingerprint density at radius 1 is 0.800 bits per heavy atom. The normalized spacial score (nSPS) is 12.6. The van der Waals surface area contributed by atoms with E-state index in [1.165, 1.54) is 0 Å². The third-order valence-electron chi connectivity index (χ3n) is 7.91. The van der Waals surface area contributed by atoms with E-state index in [-0.39, 0.29) is 12.8 Å². The van der Waals surface area contributed by atoms with Crippen molar-refractivity contribution in [3.8, 4) is 34.0 Å². The Labute approximate surface area is 271 Å². The summed E-state index contributed by atoms with van der Waals surface area (Å²) >= 11 is 1.75. The number of aromatic amines is 1. The highest BCUT2D eigenvalue weighted by Gasteiger charge is 2.17. The molecule has 0 radical (unpaired) electrons. The monoisotopic (exact) mass is 635 g/mol. The molecular formula is C37H47F2N3O2S. The van der Waals surface area contributed by atoms with Gasteiger partial charge in [0.05, 0.1) is 25.6 Å². The lowest BCUT2D eigenvalue weighted by atomic mass is 9.97. The smallest absolute Gasteiger partial charge is 0.166 e. The number of nitrogens with zero attached hydrogens (tertiary/aromatic N) is 1. The molecule has 0 aliphatic heterocycles. The van der Waals surface area contributed by atoms with Crippen molar-refractivity contribution in [1.82, 2.24) is 15.3 Å². The van der Waals surface area contributed by atoms with Gasteiger partial charge in [0.25, 0.3) is 0 Å². The minimum atomic E-state index is -1.14. The number of nitrogens with one attached hydrogen (secondary N) is 2. The number of hydrogen-bond acceptors (Lipinski definition) is 5. The molecule has 0 aliphatic rings. The van der Waals surface area contributed by atoms with E-state index in [2.05, 4.69) is 16.4 Å². The Morgan fingerprint density at radius 2 is 1.47 bits per heavy atom. The van der Waals surface area contributed by atoms with Crippen molar-refractivity contribution in [3.05, 3.63) is 83.9 Å². The Hall–Kier alpha value is -3.36. The molecule has 0 amide bonds. The summed E-state index contributed by atoms with van der Waals surface area (Å²) in [6, 6.07) is 24.0. The lowest BCUT2D eigenvalue weighted by Gasteiger charge is -2.15. The van der Waals surface area contributed by atoms with Crippen LogP contribution in [0.3, 0.4) is 0 Å². The standard InChI is InChI=1S/C37H47F2N3O2S/c1-4-10-31(38)26-32(39)25-30-12-7-6-11-27(30)21-23-40-22-8-5-9-24-45-37-41-35(28-13-17-33(43-2)18-14-28)36(42-37)29-15-19-34(44-3)20-16-29/h6-7,11-20,31-32,40H,4-5,8-10,21-26H2,1-3H3,(H,41,42). The molecule has 0 saturated heterocycles. The number of halogens is 2. The molecule has 5 nitrogen and oxygen atoms in total. The number of hydrogen-bond donors (Lipinski definition) is 2. The fourth-order valence-corrected chi connectivity index (χ4v) is 6.29. The summed E-state index contributed by atoms with van der Waals surface area (Å²) in [6.07, 6.45) is 3.43. The van der Waals surface area contributed by atoms with E-state index in [4.69, 9.17) is 14.5 Å². The quantitative estimate of drug-likeness (QED) is 0.0749. The fraction of sp³-hybridized carbons (Fsp3) is 0.432. The van der Waals surface area contributed by atoms with Crippen molar-refractivity contribution >= 4 is 11.8 Å². The van der Waals surface area contributed by atoms with Crippen LogP contribution in [0.25, 0.3) is 22.5 Å². The molecule has 4 rings (SSSR count). The molecule has 45 heavy (non-hydrogen) atoms. The van der Waals surface area contributed by atoms with Crippen molar-refractivity contribution in [1.29, 1.82) is 0 Å². The van der Waals surface area contributed by atoms with Gasteiger partial charge < -0.3 is 19.8 Å². The van der Waals surface area contributed by atoms with Gasteiger partial charge in [0.15, 0.2) is 5.16 Å². The van der Waals surface area contributed by atoms with Crippen molar-refractivity contribution in [3.63, 3.8) is 0 Å². The molecule has 2 atom stereocenters. The van der Waals surface area contributed by atoms with E-state index in [0.717, 1.165) is 101 Å². The number of alkyl halides is 2. The second-order valence-corrected chi connectivity index (χ2v) is 12.4. The van der Waals surface area contributed by atoms with Crippen LogP contribution in [-0.4, -0.2) is 55.4 Å². The maximum Gasteiger partial charge on any atom is 0.166 e. The first-order valence-electron chi connectivity index (χ1n) is 16.1. The van der Waals surface area contributed by atoms with Gasteiger partial charge in [-0.25, -0.2) is 13.8 Å². The van der Waals surface area contributed by atoms with Gasteiger partial charge >= 0.3 is 0 Å². The Balaban J connectivity index is 1.20. The van der Waals surface area contributed by atoms with Gasteiger partial charge in [-0.1, -0.05) is 55.8 Å². The van der Waals surface area contributed by atoms with E-state index >= 15 is 0 Å². The van der Waals surface area contributed by atoms with Crippen LogP contribution in [0.1, 0.15) is 56.6 Å². The van der Waals surface area contributed by atoms with Crippen molar-refractivity contribution < 1.29 is 18.3 Å². The lowest BCUT2D eigenvalue weighted by molar-refractivity contribution is 0.208. The average Bonchev–Trinajstić information content (AvgIpc) is 3.49. The third-order valence-corrected chi connectivity index (χ3v) is 8.86. The van der Waals surface area contributed by atoms with Crippen LogP contribution in [0, 0.1) is 0 Å². The second-order valence-electron chi connectivity index (χ2n) is 11.3. The van der Waals surface area contributed by atoms with Gasteiger partial charge in [0.2, 0.25) is 0 Å². The number of unbranched alkanes of at least 4 members (excludes halogenated alkanes) is 2. The molecule has 8 heteroatoms. The van der Waals surface area contributed by atoms with Crippen molar-refractivity contribution in [2.45, 2.75) is 75.8 Å². The predicted octanol–water partition coefficient (Wildman–Crippen LogP) is 9.26. The van der Waals surface area contributed by atoms with Gasteiger partial charge in [-0.05, 0) is 98.4 Å². The molecule has 0 aliphatic carbocycles. The number of aromatic nitrogens is 2. The first-order valence-corrected chi connectivity index (χ1v) is 17.1. The zero-order valence-corrected chi connectivity index (χ0v) is 27.6. The van der Waals surface area contributed by atoms with Crippen LogP contribution < -0.4 is 14.8 Å². The maximum atomic E-state index is 14.5. The maximum absolute atomic E-state index is 14.5. The SMILES string of the molecule is CCCC(F)CC(F)Cc1ccccc1CCNCCCCCSc1nc(-c2ccc(OC)cc2)c(-c2ccc(OC)cc2)[nH]1. The molecule has 0 fully saturated rings. The number of ether oxygens (including phenoxy) is 2. The van der Waals surface area contributed by atoms with E-state index in [1.807, 2.05) is 73.7 Å². The number of H-pyrrole nitrogens is 1. The molecule has 0 bridgehead atoms. The number of benzene rings is 3. The zero-order valence-electron chi connectivity index (χ0n) is 26.8. The summed E-state index contributed by atoms with van der Waals surface area (Å²) < 4.78 is 39.0. The molecule has 0 spiro atoms. The highest BCUT2D eigenvalue weighted by Crippen LogP contribution is 2.34. The third kappa shape index (κ3) is 10.9. The van der Waals surface area contributed by atoms with E-state index in [9.17, 15) is 8.78 Å². The number of imidazole rings is 1. The average molecular weight is 636 g/mol. The van der Waals surface area contributed by atoms with Crippen LogP contribution in [0.2, 0.25) is 0 Å². The van der Waals surface area contributed by atoms with Crippen LogP contribution >= 0.6 is 11.8 Å². The molecule has 4 aromatic rings. The van der Waals surface area contributed by atoms with Gasteiger partial charge in [-0.15, -0.1) is 0 Å². The van der Waals surface area contributed by atoms with Crippen molar-refractivity contribution in [2.75, 3.05) is 33.1 Å². The summed E-state index contributed by atoms with van der Waals surface area (Å²) in [5.74, 6) is 2.61. The summed E-state index contributed by atoms with van der Waals surface area (Å²) in [5.41, 5.74) is 6.14. The van der Waals surface area contributed by atoms with Crippen molar-refractivity contribution in [2.24, 2.45) is 0 Å². The number of methoxy groups -OCH3 is 2. The largest absolute Gasteiger partial charge is 0.497 e. The summed E-state index contributed by atoms with van der Waals surface area (Å²) in [6.45, 7) is 3.73. The molecule has 1 heterocycles. The van der Waals surface area contributed by atoms with Gasteiger partial charge in [-0.3, -0.25) is 0 Å². The van der Waals surface area contributed by atoms with Gasteiger partial charge in [0, 0.05) is 29.7 Å². The van der Waals surface area contributed by atoms with Crippen LogP contribution in [0.15, 0.2) is 78.0 Å². The van der Waals surface area contributed by atoms with Crippen LogP contribution in [0.5, 0.6) is 11.5 Å². The molecule has 2 N–H and O–H groups in total. The highest BCUT2D eigenvalue weighted by molar-refractivity contribution is 7.99. The number of rotatable bonds is 20. The van der Waals surface area contributed by atoms with Gasteiger partial charge in [0.1, 0.15) is 23.8 Å². The second kappa shape index (κ2) is 18.6. The number of thioether (sulfide) groups is 1. The summed E-state index contributed by atoms with van der Waals surface area (Å²) in [4.78, 5) is 8.52. The molecule has 0 saturated carbocycles. The minimum absolute atomic E-state index is 0.00764. The summed E-state index contributed by atoms with van der Waals surface area (Å²) in [7, 11) is 3.34. The Bertz CT molecular complexity index is 1350. The Kier molecular flexibility index (Phi) is 14.2. The zero-order chi connectivity index (χ0) is 31.9. The molecule has 3 aromatic carbocycles. The molecular weight excluding hydrogens is 588 g/mol. The molecule has 1 aromatic heterocycles. The van der Waals surface area contributed by atoms with Crippen LogP contribution in [0.4, 0.5) is 8.78 Å². The predicted molar refractivity (Wildman–Crippen MR) is 183 cm³/mol. The highest BCUT2D eigenvalue weighted by atomic mass is 32.2. The van der Waals surface area contributed by atoms with Gasteiger partial charge in [-0.2, -0.15) is 0 Å². The molecule has 2 unspecified atom stereocenters. The molecule has 242 valence electrons. The Morgan fingerprint density at radius 3 is 2.13 bits per heavy atom. The topological polar surface area (TPSA) is 59.2 Å². The summed E-state index contributed by atoms with van der Waals surface area (Å²) in [5, 5.41) is 4.45.